The van der Waals surface area contributed by atoms with E-state index in [9.17, 15) is 18.5 Å². The molecule has 0 aliphatic carbocycles. The first-order valence-corrected chi connectivity index (χ1v) is 8.94. The number of hydrogen-bond acceptors (Lipinski definition) is 6. The molecule has 134 valence electrons. The number of non-ortho nitro benzene ring substituents is 1. The van der Waals surface area contributed by atoms with Crippen molar-refractivity contribution in [2.75, 3.05) is 18.4 Å². The first-order valence-electron chi connectivity index (χ1n) is 7.46. The van der Waals surface area contributed by atoms with E-state index in [0.717, 1.165) is 12.5 Å². The lowest BCUT2D eigenvalue weighted by Gasteiger charge is -2.14. The van der Waals surface area contributed by atoms with E-state index in [1.54, 1.807) is 24.3 Å². The number of nitro benzene ring substituents is 1. The van der Waals surface area contributed by atoms with Crippen LogP contribution in [-0.2, 0) is 10.0 Å². The lowest BCUT2D eigenvalue weighted by Crippen LogP contribution is -2.15. The number of benzene rings is 2. The van der Waals surface area contributed by atoms with Crippen LogP contribution in [0.25, 0.3) is 0 Å². The number of rotatable bonds is 8. The van der Waals surface area contributed by atoms with Crippen LogP contribution in [0, 0.1) is 10.1 Å². The standard InChI is InChI=1S/C16H18N2O6S/c1-3-10-24-14-7-5-4-6-13(14)17-25(21,22)16-11-12(18(19)20)8-9-15(16)23-2/h4-9,11,17H,3,10H2,1-2H3. The van der Waals surface area contributed by atoms with E-state index in [-0.39, 0.29) is 22.0 Å². The molecule has 2 aromatic rings. The van der Waals surface area contributed by atoms with Crippen LogP contribution in [0.3, 0.4) is 0 Å². The van der Waals surface area contributed by atoms with Crippen LogP contribution in [0.5, 0.6) is 11.5 Å². The largest absolute Gasteiger partial charge is 0.495 e. The van der Waals surface area contributed by atoms with Gasteiger partial charge >= 0.3 is 0 Å². The highest BCUT2D eigenvalue weighted by Crippen LogP contribution is 2.32. The van der Waals surface area contributed by atoms with Crippen molar-refractivity contribution in [2.24, 2.45) is 0 Å². The van der Waals surface area contributed by atoms with Crippen LogP contribution < -0.4 is 14.2 Å². The highest BCUT2D eigenvalue weighted by molar-refractivity contribution is 7.92. The summed E-state index contributed by atoms with van der Waals surface area (Å²) in [6.07, 6.45) is 0.764. The lowest BCUT2D eigenvalue weighted by atomic mass is 10.3. The second-order valence-electron chi connectivity index (χ2n) is 5.04. The normalized spacial score (nSPS) is 11.0. The van der Waals surface area contributed by atoms with Crippen molar-refractivity contribution >= 4 is 21.4 Å². The van der Waals surface area contributed by atoms with Crippen LogP contribution in [0.2, 0.25) is 0 Å². The average Bonchev–Trinajstić information content (AvgIpc) is 2.60. The molecule has 25 heavy (non-hydrogen) atoms. The molecular weight excluding hydrogens is 348 g/mol. The highest BCUT2D eigenvalue weighted by atomic mass is 32.2. The lowest BCUT2D eigenvalue weighted by molar-refractivity contribution is -0.385. The van der Waals surface area contributed by atoms with Crippen molar-refractivity contribution in [3.63, 3.8) is 0 Å². The fourth-order valence-corrected chi connectivity index (χ4v) is 3.34. The number of sulfonamides is 1. The van der Waals surface area contributed by atoms with E-state index in [0.29, 0.717) is 12.4 Å². The van der Waals surface area contributed by atoms with Gasteiger partial charge in [0, 0.05) is 12.1 Å². The van der Waals surface area contributed by atoms with Gasteiger partial charge in [0.05, 0.1) is 24.3 Å². The summed E-state index contributed by atoms with van der Waals surface area (Å²) in [6, 6.07) is 9.93. The summed E-state index contributed by atoms with van der Waals surface area (Å²) in [5.41, 5.74) is -0.110. The maximum absolute atomic E-state index is 12.7. The third-order valence-corrected chi connectivity index (χ3v) is 4.63. The molecule has 0 aliphatic rings. The predicted octanol–water partition coefficient (Wildman–Crippen LogP) is 3.19. The number of ether oxygens (including phenoxy) is 2. The van der Waals surface area contributed by atoms with Crippen LogP contribution in [-0.4, -0.2) is 27.1 Å². The maximum atomic E-state index is 12.7. The molecule has 0 saturated carbocycles. The van der Waals surface area contributed by atoms with Gasteiger partial charge in [-0.25, -0.2) is 8.42 Å². The maximum Gasteiger partial charge on any atom is 0.271 e. The number of nitro groups is 1. The Labute approximate surface area is 145 Å². The molecular formula is C16H18N2O6S. The Morgan fingerprint density at radius 1 is 1.16 bits per heavy atom. The summed E-state index contributed by atoms with van der Waals surface area (Å²) in [5.74, 6) is 0.377. The quantitative estimate of drug-likeness (QED) is 0.568. The Kier molecular flexibility index (Phi) is 5.81. The van der Waals surface area contributed by atoms with E-state index in [2.05, 4.69) is 4.72 Å². The fraction of sp³-hybridized carbons (Fsp3) is 0.250. The Bertz CT molecular complexity index is 867. The molecule has 0 spiro atoms. The molecule has 0 atom stereocenters. The first-order chi connectivity index (χ1) is 11.9. The van der Waals surface area contributed by atoms with Gasteiger partial charge in [0.1, 0.15) is 16.4 Å². The van der Waals surface area contributed by atoms with Crippen molar-refractivity contribution in [3.05, 3.63) is 52.6 Å². The highest BCUT2D eigenvalue weighted by Gasteiger charge is 2.24. The second kappa shape index (κ2) is 7.84. The molecule has 0 amide bonds. The average molecular weight is 366 g/mol. The molecule has 8 nitrogen and oxygen atoms in total. The zero-order chi connectivity index (χ0) is 18.4. The van der Waals surface area contributed by atoms with Gasteiger partial charge in [-0.3, -0.25) is 14.8 Å². The molecule has 2 rings (SSSR count). The predicted molar refractivity (Wildman–Crippen MR) is 92.7 cm³/mol. The fourth-order valence-electron chi connectivity index (χ4n) is 2.08. The minimum atomic E-state index is -4.12. The summed E-state index contributed by atoms with van der Waals surface area (Å²) >= 11 is 0. The topological polar surface area (TPSA) is 108 Å². The third kappa shape index (κ3) is 4.38. The van der Waals surface area contributed by atoms with Gasteiger partial charge in [0.15, 0.2) is 0 Å². The summed E-state index contributed by atoms with van der Waals surface area (Å²) in [4.78, 5) is 9.95. The molecule has 1 N–H and O–H groups in total. The summed E-state index contributed by atoms with van der Waals surface area (Å²) < 4.78 is 38.4. The monoisotopic (exact) mass is 366 g/mol. The van der Waals surface area contributed by atoms with Crippen molar-refractivity contribution < 1.29 is 22.8 Å². The van der Waals surface area contributed by atoms with Crippen LogP contribution in [0.4, 0.5) is 11.4 Å². The molecule has 9 heteroatoms. The number of nitrogens with one attached hydrogen (secondary N) is 1. The minimum absolute atomic E-state index is 0.00468. The van der Waals surface area contributed by atoms with Crippen molar-refractivity contribution in [1.82, 2.24) is 0 Å². The third-order valence-electron chi connectivity index (χ3n) is 3.24. The van der Waals surface area contributed by atoms with E-state index in [4.69, 9.17) is 9.47 Å². The van der Waals surface area contributed by atoms with Gasteiger partial charge in [-0.1, -0.05) is 19.1 Å². The molecule has 0 heterocycles. The van der Waals surface area contributed by atoms with E-state index >= 15 is 0 Å². The van der Waals surface area contributed by atoms with E-state index in [1.807, 2.05) is 6.92 Å². The van der Waals surface area contributed by atoms with Gasteiger partial charge in [-0.15, -0.1) is 0 Å². The van der Waals surface area contributed by atoms with Crippen LogP contribution in [0.15, 0.2) is 47.4 Å². The number of hydrogen-bond donors (Lipinski definition) is 1. The molecule has 0 radical (unpaired) electrons. The molecule has 0 saturated heterocycles. The number of nitrogens with zero attached hydrogens (tertiary/aromatic N) is 1. The molecule has 0 aliphatic heterocycles. The Hall–Kier alpha value is -2.81. The molecule has 0 fully saturated rings. The van der Waals surface area contributed by atoms with Gasteiger partial charge in [0.2, 0.25) is 0 Å². The molecule has 0 unspecified atom stereocenters. The molecule has 0 bridgehead atoms. The zero-order valence-electron chi connectivity index (χ0n) is 13.8. The Morgan fingerprint density at radius 2 is 1.88 bits per heavy atom. The van der Waals surface area contributed by atoms with Gasteiger partial charge < -0.3 is 9.47 Å². The SMILES string of the molecule is CCCOc1ccccc1NS(=O)(=O)c1cc([N+](=O)[O-])ccc1OC. The number of anilines is 1. The van der Waals surface area contributed by atoms with Crippen molar-refractivity contribution in [1.29, 1.82) is 0 Å². The van der Waals surface area contributed by atoms with Gasteiger partial charge in [-0.05, 0) is 24.6 Å². The van der Waals surface area contributed by atoms with Crippen LogP contribution in [0.1, 0.15) is 13.3 Å². The summed E-state index contributed by atoms with van der Waals surface area (Å²) in [7, 11) is -2.83. The number of para-hydroxylation sites is 2. The summed E-state index contributed by atoms with van der Waals surface area (Å²) in [6.45, 7) is 2.36. The van der Waals surface area contributed by atoms with Crippen molar-refractivity contribution in [2.45, 2.75) is 18.2 Å². The zero-order valence-corrected chi connectivity index (χ0v) is 14.6. The van der Waals surface area contributed by atoms with Crippen molar-refractivity contribution in [3.8, 4) is 11.5 Å². The molecule has 2 aromatic carbocycles. The summed E-state index contributed by atoms with van der Waals surface area (Å²) in [5, 5.41) is 10.9. The Morgan fingerprint density at radius 3 is 2.52 bits per heavy atom. The number of methoxy groups -OCH3 is 1. The first kappa shape index (κ1) is 18.5. The van der Waals surface area contributed by atoms with Gasteiger partial charge in [-0.2, -0.15) is 0 Å². The Balaban J connectivity index is 2.43. The minimum Gasteiger partial charge on any atom is -0.495 e. The smallest absolute Gasteiger partial charge is 0.271 e. The van der Waals surface area contributed by atoms with E-state index in [1.165, 1.54) is 19.2 Å². The second-order valence-corrected chi connectivity index (χ2v) is 6.69. The molecule has 0 aromatic heterocycles. The van der Waals surface area contributed by atoms with Crippen LogP contribution >= 0.6 is 0 Å². The van der Waals surface area contributed by atoms with Gasteiger partial charge in [0.25, 0.3) is 15.7 Å². The van der Waals surface area contributed by atoms with E-state index < -0.39 is 14.9 Å².